The summed E-state index contributed by atoms with van der Waals surface area (Å²) in [6, 6.07) is 27.3. The van der Waals surface area contributed by atoms with E-state index < -0.39 is 5.91 Å². The van der Waals surface area contributed by atoms with E-state index in [0.29, 0.717) is 18.8 Å². The fourth-order valence-corrected chi connectivity index (χ4v) is 3.60. The summed E-state index contributed by atoms with van der Waals surface area (Å²) in [6.07, 6.45) is 3.63. The summed E-state index contributed by atoms with van der Waals surface area (Å²) in [5.74, 6) is 0.282. The van der Waals surface area contributed by atoms with Gasteiger partial charge in [-0.15, -0.1) is 0 Å². The van der Waals surface area contributed by atoms with E-state index in [0.717, 1.165) is 22.2 Å². The van der Waals surface area contributed by atoms with E-state index in [4.69, 9.17) is 4.74 Å². The lowest BCUT2D eigenvalue weighted by molar-refractivity contribution is -0.112. The molecule has 0 radical (unpaired) electrons. The van der Waals surface area contributed by atoms with Gasteiger partial charge in [0.1, 0.15) is 17.4 Å². The van der Waals surface area contributed by atoms with Crippen molar-refractivity contribution < 1.29 is 9.53 Å². The first-order valence-electron chi connectivity index (χ1n) is 10.5. The van der Waals surface area contributed by atoms with Crippen LogP contribution >= 0.6 is 0 Å². The molecule has 5 heteroatoms. The number of para-hydroxylation sites is 1. The van der Waals surface area contributed by atoms with Crippen LogP contribution in [-0.4, -0.2) is 17.1 Å². The van der Waals surface area contributed by atoms with Crippen molar-refractivity contribution in [1.82, 2.24) is 4.57 Å². The average molecular weight is 422 g/mol. The third-order valence-corrected chi connectivity index (χ3v) is 5.10. The zero-order valence-corrected chi connectivity index (χ0v) is 17.8. The number of ether oxygens (including phenoxy) is 1. The number of nitriles is 1. The molecule has 0 spiro atoms. The van der Waals surface area contributed by atoms with Crippen molar-refractivity contribution in [3.8, 4) is 11.8 Å². The molecule has 32 heavy (non-hydrogen) atoms. The molecule has 1 heterocycles. The van der Waals surface area contributed by atoms with Crippen LogP contribution in [0.25, 0.3) is 17.0 Å². The molecule has 158 valence electrons. The summed E-state index contributed by atoms with van der Waals surface area (Å²) in [5, 5.41) is 13.4. The molecule has 0 saturated carbocycles. The highest BCUT2D eigenvalue weighted by molar-refractivity contribution is 6.10. The molecule has 0 aliphatic carbocycles. The Balaban J connectivity index is 1.61. The van der Waals surface area contributed by atoms with Crippen molar-refractivity contribution in [2.45, 2.75) is 13.5 Å². The topological polar surface area (TPSA) is 67.0 Å². The minimum absolute atomic E-state index is 0.0431. The molecule has 4 rings (SSSR count). The maximum Gasteiger partial charge on any atom is 0.266 e. The van der Waals surface area contributed by atoms with Gasteiger partial charge in [0, 0.05) is 34.9 Å². The Morgan fingerprint density at radius 3 is 2.47 bits per heavy atom. The molecule has 0 bridgehead atoms. The van der Waals surface area contributed by atoms with Crippen LogP contribution in [0.3, 0.4) is 0 Å². The minimum Gasteiger partial charge on any atom is -0.494 e. The van der Waals surface area contributed by atoms with Crippen LogP contribution < -0.4 is 10.1 Å². The van der Waals surface area contributed by atoms with Crippen molar-refractivity contribution in [1.29, 1.82) is 5.26 Å². The van der Waals surface area contributed by atoms with Crippen molar-refractivity contribution >= 4 is 28.6 Å². The molecule has 0 aliphatic rings. The molecule has 0 aliphatic heterocycles. The third kappa shape index (κ3) is 4.71. The largest absolute Gasteiger partial charge is 0.494 e. The van der Waals surface area contributed by atoms with E-state index in [9.17, 15) is 10.1 Å². The summed E-state index contributed by atoms with van der Waals surface area (Å²) in [6.45, 7) is 3.19. The molecule has 5 nitrogen and oxygen atoms in total. The number of carbonyl (C=O) groups is 1. The zero-order chi connectivity index (χ0) is 22.3. The average Bonchev–Trinajstić information content (AvgIpc) is 3.16. The Morgan fingerprint density at radius 1 is 1.03 bits per heavy atom. The molecule has 0 unspecified atom stereocenters. The molecule has 1 N–H and O–H groups in total. The van der Waals surface area contributed by atoms with Gasteiger partial charge in [0.15, 0.2) is 0 Å². The molecule has 3 aromatic carbocycles. The summed E-state index contributed by atoms with van der Waals surface area (Å²) in [7, 11) is 0. The number of anilines is 1. The molecule has 4 aromatic rings. The summed E-state index contributed by atoms with van der Waals surface area (Å²) in [4.78, 5) is 12.8. The smallest absolute Gasteiger partial charge is 0.266 e. The molecular weight excluding hydrogens is 398 g/mol. The number of aromatic nitrogens is 1. The molecule has 0 saturated heterocycles. The van der Waals surface area contributed by atoms with Crippen LogP contribution in [0, 0.1) is 11.3 Å². The van der Waals surface area contributed by atoms with E-state index in [1.54, 1.807) is 30.3 Å². The van der Waals surface area contributed by atoms with E-state index in [2.05, 4.69) is 22.0 Å². The number of hydrogen-bond donors (Lipinski definition) is 1. The van der Waals surface area contributed by atoms with Crippen molar-refractivity contribution in [3.63, 3.8) is 0 Å². The van der Waals surface area contributed by atoms with E-state index in [1.807, 2.05) is 61.7 Å². The highest BCUT2D eigenvalue weighted by atomic mass is 16.5. The predicted molar refractivity (Wildman–Crippen MR) is 127 cm³/mol. The maximum atomic E-state index is 12.8. The number of nitrogens with one attached hydrogen (secondary N) is 1. The minimum atomic E-state index is -0.448. The summed E-state index contributed by atoms with van der Waals surface area (Å²) >= 11 is 0. The van der Waals surface area contributed by atoms with Crippen LogP contribution in [0.5, 0.6) is 5.75 Å². The second kappa shape index (κ2) is 9.67. The lowest BCUT2D eigenvalue weighted by Crippen LogP contribution is -2.13. The number of benzene rings is 3. The van der Waals surface area contributed by atoms with Gasteiger partial charge in [-0.05, 0) is 48.9 Å². The highest BCUT2D eigenvalue weighted by Gasteiger charge is 2.13. The molecule has 0 fully saturated rings. The van der Waals surface area contributed by atoms with Gasteiger partial charge < -0.3 is 14.6 Å². The SMILES string of the molecule is CCOc1ccc(NC(=O)/C(C#N)=C/c2cn(Cc3ccccc3)c3ccccc23)cc1. The van der Waals surface area contributed by atoms with Gasteiger partial charge in [0.05, 0.1) is 6.61 Å². The summed E-state index contributed by atoms with van der Waals surface area (Å²) < 4.78 is 7.56. The van der Waals surface area contributed by atoms with Crippen molar-refractivity contribution in [3.05, 3.63) is 102 Å². The van der Waals surface area contributed by atoms with E-state index in [1.165, 1.54) is 5.56 Å². The lowest BCUT2D eigenvalue weighted by Gasteiger charge is -2.06. The number of nitrogens with zero attached hydrogens (tertiary/aromatic N) is 2. The zero-order valence-electron chi connectivity index (χ0n) is 17.8. The maximum absolute atomic E-state index is 12.8. The Labute approximate surface area is 187 Å². The quantitative estimate of drug-likeness (QED) is 0.310. The normalized spacial score (nSPS) is 11.2. The lowest BCUT2D eigenvalue weighted by atomic mass is 10.1. The molecular formula is C27H23N3O2. The van der Waals surface area contributed by atoms with Gasteiger partial charge in [0.25, 0.3) is 5.91 Å². The van der Waals surface area contributed by atoms with Gasteiger partial charge >= 0.3 is 0 Å². The van der Waals surface area contributed by atoms with Gasteiger partial charge in [-0.1, -0.05) is 48.5 Å². The Morgan fingerprint density at radius 2 is 1.75 bits per heavy atom. The number of hydrogen-bond acceptors (Lipinski definition) is 3. The molecule has 0 atom stereocenters. The van der Waals surface area contributed by atoms with Crippen molar-refractivity contribution in [2.24, 2.45) is 0 Å². The monoisotopic (exact) mass is 421 g/mol. The van der Waals surface area contributed by atoms with Crippen LogP contribution in [0.15, 0.2) is 90.6 Å². The number of rotatable bonds is 7. The number of amides is 1. The second-order valence-corrected chi connectivity index (χ2v) is 7.30. The van der Waals surface area contributed by atoms with Crippen molar-refractivity contribution in [2.75, 3.05) is 11.9 Å². The van der Waals surface area contributed by atoms with Crippen LogP contribution in [0.4, 0.5) is 5.69 Å². The van der Waals surface area contributed by atoms with Crippen LogP contribution in [0.1, 0.15) is 18.1 Å². The molecule has 1 amide bonds. The van der Waals surface area contributed by atoms with Crippen LogP contribution in [-0.2, 0) is 11.3 Å². The van der Waals surface area contributed by atoms with Gasteiger partial charge in [0.2, 0.25) is 0 Å². The Kier molecular flexibility index (Phi) is 6.33. The van der Waals surface area contributed by atoms with Gasteiger partial charge in [-0.3, -0.25) is 4.79 Å². The van der Waals surface area contributed by atoms with Gasteiger partial charge in [-0.2, -0.15) is 5.26 Å². The first kappa shape index (κ1) is 21.0. The second-order valence-electron chi connectivity index (χ2n) is 7.30. The van der Waals surface area contributed by atoms with Crippen LogP contribution in [0.2, 0.25) is 0 Å². The number of carbonyl (C=O) groups excluding carboxylic acids is 1. The Hall–Kier alpha value is -4.30. The Bertz CT molecular complexity index is 1300. The van der Waals surface area contributed by atoms with E-state index >= 15 is 0 Å². The predicted octanol–water partition coefficient (Wildman–Crippen LogP) is 5.63. The summed E-state index contributed by atoms with van der Waals surface area (Å²) in [5.41, 5.74) is 3.70. The first-order valence-corrected chi connectivity index (χ1v) is 10.5. The molecule has 1 aromatic heterocycles. The van der Waals surface area contributed by atoms with Gasteiger partial charge in [-0.25, -0.2) is 0 Å². The standard InChI is InChI=1S/C27H23N3O2/c1-2-32-24-14-12-23(13-15-24)29-27(31)21(17-28)16-22-19-30(18-20-8-4-3-5-9-20)26-11-7-6-10-25(22)26/h3-16,19H,2,18H2,1H3,(H,29,31)/b21-16+. The fraction of sp³-hybridized carbons (Fsp3) is 0.111. The number of fused-ring (bicyclic) bond motifs is 1. The fourth-order valence-electron chi connectivity index (χ4n) is 3.60. The van der Waals surface area contributed by atoms with E-state index in [-0.39, 0.29) is 5.57 Å². The third-order valence-electron chi connectivity index (χ3n) is 5.10. The highest BCUT2D eigenvalue weighted by Crippen LogP contribution is 2.25. The first-order chi connectivity index (χ1) is 15.7.